The average molecular weight is 535 g/mol. The second-order valence-corrected chi connectivity index (χ2v) is 10.7. The number of amides is 1. The van der Waals surface area contributed by atoms with Crippen molar-refractivity contribution in [2.45, 2.75) is 62.3 Å². The largest absolute Gasteiger partial charge is 0.389 e. The standard InChI is InChI=1S/C26H35N3O7S/c1-3-19(2)28(37(34)23-11-9-21(10-12-23)29(32)33)16-25(30)24(15-20-7-5-4-6-8-20)27-26(31)18-36-22-13-14-35-17-22/h4-12,19,22,24-25,30H,3,13-18H2,1-2H3,(H,27,31)/p+1/t19?,22-,24?,25+,37?/m0/s1. The van der Waals surface area contributed by atoms with Crippen molar-refractivity contribution in [1.82, 2.24) is 9.62 Å². The van der Waals surface area contributed by atoms with Crippen molar-refractivity contribution >= 4 is 22.6 Å². The Labute approximate surface area is 219 Å². The third-order valence-corrected chi connectivity index (χ3v) is 8.20. The van der Waals surface area contributed by atoms with Crippen LogP contribution >= 0.6 is 0 Å². The number of carbonyl (C=O) groups is 1. The van der Waals surface area contributed by atoms with E-state index in [0.29, 0.717) is 31.0 Å². The van der Waals surface area contributed by atoms with Crippen LogP contribution in [0, 0.1) is 10.1 Å². The maximum absolute atomic E-state index is 13.5. The lowest BCUT2D eigenvalue weighted by atomic mass is 10.0. The smallest absolute Gasteiger partial charge is 0.269 e. The van der Waals surface area contributed by atoms with Gasteiger partial charge in [-0.2, -0.15) is 0 Å². The molecule has 0 aromatic heterocycles. The molecule has 1 saturated heterocycles. The number of aliphatic hydroxyl groups is 1. The number of aliphatic hydroxyl groups excluding tert-OH is 1. The number of ether oxygens (including phenoxy) is 2. The molecular formula is C26H36N3O7S+. The number of non-ortho nitro benzene ring substituents is 1. The van der Waals surface area contributed by atoms with Crippen LogP contribution in [0.2, 0.25) is 0 Å². The molecule has 3 unspecified atom stereocenters. The van der Waals surface area contributed by atoms with Gasteiger partial charge >= 0.3 is 0 Å². The van der Waals surface area contributed by atoms with Crippen LogP contribution in [0.3, 0.4) is 0 Å². The third-order valence-electron chi connectivity index (χ3n) is 6.44. The van der Waals surface area contributed by atoms with Crippen LogP contribution in [0.15, 0.2) is 59.5 Å². The first-order valence-corrected chi connectivity index (χ1v) is 13.7. The van der Waals surface area contributed by atoms with Crippen LogP contribution in [0.5, 0.6) is 0 Å². The van der Waals surface area contributed by atoms with Crippen LogP contribution in [-0.2, 0) is 35.9 Å². The van der Waals surface area contributed by atoms with Gasteiger partial charge in [-0.25, -0.2) is 0 Å². The average Bonchev–Trinajstić information content (AvgIpc) is 3.43. The number of carbonyl (C=O) groups excluding carboxylic acids is 1. The predicted molar refractivity (Wildman–Crippen MR) is 141 cm³/mol. The lowest BCUT2D eigenvalue weighted by Gasteiger charge is -2.29. The minimum atomic E-state index is -2.12. The van der Waals surface area contributed by atoms with Gasteiger partial charge in [0.15, 0.2) is 15.9 Å². The molecule has 37 heavy (non-hydrogen) atoms. The van der Waals surface area contributed by atoms with Gasteiger partial charge in [0.05, 0.1) is 42.4 Å². The molecule has 5 atom stereocenters. The number of rotatable bonds is 14. The fourth-order valence-electron chi connectivity index (χ4n) is 4.05. The Balaban J connectivity index is 1.74. The highest BCUT2D eigenvalue weighted by molar-refractivity contribution is 7.82. The molecule has 1 heterocycles. The molecule has 1 aliphatic rings. The molecule has 2 N–H and O–H groups in total. The van der Waals surface area contributed by atoms with E-state index in [9.17, 15) is 24.2 Å². The van der Waals surface area contributed by atoms with Gasteiger partial charge in [0.2, 0.25) is 5.91 Å². The minimum absolute atomic E-state index is 0.0380. The van der Waals surface area contributed by atoms with E-state index in [-0.39, 0.29) is 36.9 Å². The number of nitrogens with one attached hydrogen (secondary N) is 1. The predicted octanol–water partition coefficient (Wildman–Crippen LogP) is 2.56. The summed E-state index contributed by atoms with van der Waals surface area (Å²) in [7, 11) is -2.12. The van der Waals surface area contributed by atoms with Crippen LogP contribution in [0.1, 0.15) is 32.3 Å². The summed E-state index contributed by atoms with van der Waals surface area (Å²) in [5.74, 6) is -0.346. The van der Waals surface area contributed by atoms with E-state index in [1.165, 1.54) is 24.3 Å². The first kappa shape index (κ1) is 28.9. The Morgan fingerprint density at radius 3 is 2.57 bits per heavy atom. The lowest BCUT2D eigenvalue weighted by Crippen LogP contribution is -2.52. The molecule has 3 rings (SSSR count). The van der Waals surface area contributed by atoms with E-state index < -0.39 is 28.1 Å². The number of nitro groups is 1. The number of benzene rings is 2. The van der Waals surface area contributed by atoms with Crippen molar-refractivity contribution in [3.63, 3.8) is 0 Å². The highest BCUT2D eigenvalue weighted by Crippen LogP contribution is 2.21. The first-order chi connectivity index (χ1) is 17.8. The van der Waals surface area contributed by atoms with Crippen molar-refractivity contribution < 1.29 is 28.5 Å². The second kappa shape index (κ2) is 14.3. The third kappa shape index (κ3) is 8.68. The SMILES string of the molecule is CCC(C)N(C[C@@H](O)C(Cc1ccccc1)NC(=O)CO[C@H]1CCOC1)[SH+](=O)c1ccc([N+](=O)[O-])cc1. The molecule has 1 aliphatic heterocycles. The molecule has 10 nitrogen and oxygen atoms in total. The topological polar surface area (TPSA) is 131 Å². The molecule has 2 aromatic carbocycles. The Morgan fingerprint density at radius 1 is 1.27 bits per heavy atom. The molecule has 202 valence electrons. The summed E-state index contributed by atoms with van der Waals surface area (Å²) in [5.41, 5.74) is 0.853. The van der Waals surface area contributed by atoms with Gasteiger partial charge in [-0.3, -0.25) is 14.9 Å². The maximum Gasteiger partial charge on any atom is 0.269 e. The van der Waals surface area contributed by atoms with Crippen molar-refractivity contribution in [3.8, 4) is 0 Å². The molecular weight excluding hydrogens is 498 g/mol. The lowest BCUT2D eigenvalue weighted by molar-refractivity contribution is -0.384. The van der Waals surface area contributed by atoms with Gasteiger partial charge in [-0.05, 0) is 31.7 Å². The summed E-state index contributed by atoms with van der Waals surface area (Å²) >= 11 is 0. The van der Waals surface area contributed by atoms with E-state index in [4.69, 9.17) is 9.47 Å². The molecule has 2 aromatic rings. The van der Waals surface area contributed by atoms with Gasteiger partial charge in [0.1, 0.15) is 6.61 Å². The Bertz CT molecular complexity index is 1030. The van der Waals surface area contributed by atoms with Gasteiger partial charge in [0.25, 0.3) is 5.69 Å². The normalized spacial score (nSPS) is 18.8. The number of thiol groups is 1. The van der Waals surface area contributed by atoms with Crippen LogP contribution in [0.25, 0.3) is 0 Å². The molecule has 11 heteroatoms. The van der Waals surface area contributed by atoms with Crippen LogP contribution in [0.4, 0.5) is 5.69 Å². The fraction of sp³-hybridized carbons (Fsp3) is 0.500. The van der Waals surface area contributed by atoms with E-state index in [1.54, 1.807) is 4.31 Å². The van der Waals surface area contributed by atoms with Crippen molar-refractivity contribution in [2.24, 2.45) is 0 Å². The molecule has 1 fully saturated rings. The molecule has 0 radical (unpaired) electrons. The zero-order valence-electron chi connectivity index (χ0n) is 21.2. The Morgan fingerprint density at radius 2 is 1.97 bits per heavy atom. The van der Waals surface area contributed by atoms with Crippen molar-refractivity contribution in [3.05, 3.63) is 70.3 Å². The quantitative estimate of drug-likeness (QED) is 0.165. The summed E-state index contributed by atoms with van der Waals surface area (Å²) in [4.78, 5) is 23.6. The maximum atomic E-state index is 13.5. The molecule has 0 aliphatic carbocycles. The Kier molecular flexibility index (Phi) is 11.2. The van der Waals surface area contributed by atoms with E-state index in [1.807, 2.05) is 44.2 Å². The van der Waals surface area contributed by atoms with Gasteiger partial charge in [-0.1, -0.05) is 41.5 Å². The highest BCUT2D eigenvalue weighted by Gasteiger charge is 2.33. The second-order valence-electron chi connectivity index (χ2n) is 9.15. The summed E-state index contributed by atoms with van der Waals surface area (Å²) in [6, 6.07) is 14.3. The van der Waals surface area contributed by atoms with Crippen LogP contribution in [-0.4, -0.2) is 70.9 Å². The zero-order valence-corrected chi connectivity index (χ0v) is 22.1. The fourth-order valence-corrected chi connectivity index (χ4v) is 5.59. The molecule has 1 amide bonds. The highest BCUT2D eigenvalue weighted by atomic mass is 32.2. The van der Waals surface area contributed by atoms with Gasteiger partial charge < -0.3 is 19.9 Å². The summed E-state index contributed by atoms with van der Waals surface area (Å²) in [6.07, 6.45) is 0.638. The molecule has 0 spiro atoms. The molecule has 0 saturated carbocycles. The van der Waals surface area contributed by atoms with Gasteiger partial charge in [0, 0.05) is 30.9 Å². The van der Waals surface area contributed by atoms with E-state index >= 15 is 0 Å². The summed E-state index contributed by atoms with van der Waals surface area (Å²) in [5, 5.41) is 25.2. The molecule has 0 bridgehead atoms. The first-order valence-electron chi connectivity index (χ1n) is 12.5. The van der Waals surface area contributed by atoms with Crippen molar-refractivity contribution in [1.29, 1.82) is 0 Å². The monoisotopic (exact) mass is 534 g/mol. The number of nitrogens with zero attached hydrogens (tertiary/aromatic N) is 2. The van der Waals surface area contributed by atoms with E-state index in [2.05, 4.69) is 5.32 Å². The minimum Gasteiger partial charge on any atom is -0.389 e. The summed E-state index contributed by atoms with van der Waals surface area (Å²) in [6.45, 7) is 4.83. The number of hydrogen-bond donors (Lipinski definition) is 2. The van der Waals surface area contributed by atoms with Crippen LogP contribution < -0.4 is 5.32 Å². The van der Waals surface area contributed by atoms with E-state index in [0.717, 1.165) is 12.0 Å². The number of nitro benzene ring substituents is 1. The summed E-state index contributed by atoms with van der Waals surface area (Å²) < 4.78 is 26.1. The Hall–Kier alpha value is -2.70. The number of hydrogen-bond acceptors (Lipinski definition) is 7. The zero-order chi connectivity index (χ0) is 26.8. The van der Waals surface area contributed by atoms with Crippen molar-refractivity contribution in [2.75, 3.05) is 26.4 Å². The van der Waals surface area contributed by atoms with Gasteiger partial charge in [-0.15, -0.1) is 4.31 Å².